The first kappa shape index (κ1) is 23.9. The molecule has 1 heterocycles. The third kappa shape index (κ3) is 7.16. The second-order valence-corrected chi connectivity index (χ2v) is 7.02. The number of carbonyl (C=O) groups excluding carboxylic acids is 1. The molecule has 1 aliphatic heterocycles. The number of amides is 2. The van der Waals surface area contributed by atoms with E-state index in [0.717, 1.165) is 37.2 Å². The number of nitrogens with one attached hydrogen (secondary N) is 3. The third-order valence-corrected chi connectivity index (χ3v) is 4.90. The molecule has 8 heteroatoms. The summed E-state index contributed by atoms with van der Waals surface area (Å²) < 4.78 is 13.7. The van der Waals surface area contributed by atoms with Crippen molar-refractivity contribution in [2.24, 2.45) is 4.99 Å². The summed E-state index contributed by atoms with van der Waals surface area (Å²) in [5, 5.41) is 9.40. The van der Waals surface area contributed by atoms with Crippen molar-refractivity contribution in [2.45, 2.75) is 25.8 Å². The van der Waals surface area contributed by atoms with E-state index < -0.39 is 0 Å². The average Bonchev–Trinajstić information content (AvgIpc) is 3.27. The molecule has 2 amide bonds. The van der Waals surface area contributed by atoms with Gasteiger partial charge in [-0.3, -0.25) is 4.99 Å². The Kier molecular flexibility index (Phi) is 9.85. The number of carbonyl (C=O) groups is 1. The maximum atomic E-state index is 13.7. The molecule has 0 aliphatic carbocycles. The highest BCUT2D eigenvalue weighted by atomic mass is 127. The monoisotopic (exact) mass is 525 g/mol. The number of aliphatic imine (C=N–C) groups is 1. The van der Waals surface area contributed by atoms with Gasteiger partial charge in [0.25, 0.3) is 0 Å². The Morgan fingerprint density at radius 3 is 2.60 bits per heavy atom. The number of anilines is 1. The molecule has 1 aliphatic rings. The molecule has 1 saturated heterocycles. The Morgan fingerprint density at radius 2 is 1.87 bits per heavy atom. The number of hydrogen-bond donors (Lipinski definition) is 3. The van der Waals surface area contributed by atoms with Crippen molar-refractivity contribution in [1.29, 1.82) is 0 Å². The first-order valence-corrected chi connectivity index (χ1v) is 9.98. The molecule has 0 atom stereocenters. The molecule has 0 aromatic heterocycles. The highest BCUT2D eigenvalue weighted by Gasteiger charge is 2.17. The Bertz CT molecular complexity index is 855. The van der Waals surface area contributed by atoms with E-state index in [1.165, 1.54) is 6.07 Å². The summed E-state index contributed by atoms with van der Waals surface area (Å²) in [6.07, 6.45) is 2.71. The molecule has 0 radical (unpaired) electrons. The van der Waals surface area contributed by atoms with Gasteiger partial charge in [0.2, 0.25) is 0 Å². The predicted molar refractivity (Wildman–Crippen MR) is 130 cm³/mol. The van der Waals surface area contributed by atoms with Crippen molar-refractivity contribution >= 4 is 41.7 Å². The van der Waals surface area contributed by atoms with Crippen LogP contribution in [0, 0.1) is 5.82 Å². The van der Waals surface area contributed by atoms with Gasteiger partial charge in [0.15, 0.2) is 5.96 Å². The van der Waals surface area contributed by atoms with E-state index in [9.17, 15) is 9.18 Å². The zero-order valence-corrected chi connectivity index (χ0v) is 19.5. The molecule has 3 N–H and O–H groups in total. The van der Waals surface area contributed by atoms with Gasteiger partial charge in [-0.1, -0.05) is 30.3 Å². The van der Waals surface area contributed by atoms with Crippen LogP contribution in [0.1, 0.15) is 24.0 Å². The predicted octanol–water partition coefficient (Wildman–Crippen LogP) is 3.98. The molecule has 0 saturated carbocycles. The van der Waals surface area contributed by atoms with E-state index in [0.29, 0.717) is 31.0 Å². The lowest BCUT2D eigenvalue weighted by Gasteiger charge is -2.17. The van der Waals surface area contributed by atoms with Gasteiger partial charge in [-0.2, -0.15) is 0 Å². The Labute approximate surface area is 194 Å². The number of rotatable bonds is 6. The van der Waals surface area contributed by atoms with E-state index >= 15 is 0 Å². The van der Waals surface area contributed by atoms with Gasteiger partial charge in [-0.25, -0.2) is 9.18 Å². The quantitative estimate of drug-likeness (QED) is 0.304. The number of guanidine groups is 1. The number of hydrogen-bond acceptors (Lipinski definition) is 2. The van der Waals surface area contributed by atoms with Crippen molar-refractivity contribution < 1.29 is 9.18 Å². The fourth-order valence-corrected chi connectivity index (χ4v) is 3.30. The summed E-state index contributed by atoms with van der Waals surface area (Å²) in [6, 6.07) is 14.5. The van der Waals surface area contributed by atoms with Gasteiger partial charge < -0.3 is 20.9 Å². The third-order valence-electron chi connectivity index (χ3n) is 4.90. The van der Waals surface area contributed by atoms with E-state index in [1.807, 2.05) is 35.2 Å². The van der Waals surface area contributed by atoms with Gasteiger partial charge >= 0.3 is 6.03 Å². The van der Waals surface area contributed by atoms with Crippen LogP contribution in [0.25, 0.3) is 0 Å². The van der Waals surface area contributed by atoms with E-state index in [2.05, 4.69) is 20.9 Å². The van der Waals surface area contributed by atoms with Gasteiger partial charge in [-0.15, -0.1) is 24.0 Å². The summed E-state index contributed by atoms with van der Waals surface area (Å²) >= 11 is 0. The van der Waals surface area contributed by atoms with Crippen molar-refractivity contribution in [3.63, 3.8) is 0 Å². The summed E-state index contributed by atoms with van der Waals surface area (Å²) in [4.78, 5) is 18.3. The maximum absolute atomic E-state index is 13.7. The molecule has 3 rings (SSSR count). The molecular formula is C22H29FIN5O. The second kappa shape index (κ2) is 12.4. The van der Waals surface area contributed by atoms with Crippen molar-refractivity contribution in [3.8, 4) is 0 Å². The van der Waals surface area contributed by atoms with E-state index in [-0.39, 0.29) is 35.8 Å². The molecular weight excluding hydrogens is 496 g/mol. The Hall–Kier alpha value is -2.36. The number of nitrogens with zero attached hydrogens (tertiary/aromatic N) is 2. The molecule has 0 spiro atoms. The van der Waals surface area contributed by atoms with Crippen LogP contribution in [0.2, 0.25) is 0 Å². The Balaban J connectivity index is 0.00000320. The number of benzene rings is 2. The largest absolute Gasteiger partial charge is 0.356 e. The minimum Gasteiger partial charge on any atom is -0.356 e. The maximum Gasteiger partial charge on any atom is 0.321 e. The number of likely N-dealkylation sites (tertiary alicyclic amines) is 1. The molecule has 2 aromatic rings. The van der Waals surface area contributed by atoms with Crippen molar-refractivity contribution in [2.75, 3.05) is 32.0 Å². The van der Waals surface area contributed by atoms with Crippen LogP contribution in [0.4, 0.5) is 14.9 Å². The topological polar surface area (TPSA) is 68.8 Å². The fraction of sp³-hybridized carbons (Fsp3) is 0.364. The summed E-state index contributed by atoms with van der Waals surface area (Å²) in [5.41, 5.74) is 2.49. The highest BCUT2D eigenvalue weighted by molar-refractivity contribution is 14.0. The molecule has 1 fully saturated rings. The average molecular weight is 525 g/mol. The zero-order chi connectivity index (χ0) is 20.5. The second-order valence-electron chi connectivity index (χ2n) is 7.02. The molecule has 0 bridgehead atoms. The lowest BCUT2D eigenvalue weighted by Crippen LogP contribution is -2.38. The SMILES string of the molecule is CN=C(NCCc1ccccc1F)NCc1cccc(NC(=O)N2CCCC2)c1.I. The zero-order valence-electron chi connectivity index (χ0n) is 17.2. The van der Waals surface area contributed by atoms with Crippen LogP contribution >= 0.6 is 24.0 Å². The van der Waals surface area contributed by atoms with Gasteiger partial charge in [0, 0.05) is 38.9 Å². The minimum absolute atomic E-state index is 0. The highest BCUT2D eigenvalue weighted by Crippen LogP contribution is 2.14. The fourth-order valence-electron chi connectivity index (χ4n) is 3.30. The molecule has 0 unspecified atom stereocenters. The Morgan fingerprint density at radius 1 is 1.10 bits per heavy atom. The molecule has 6 nitrogen and oxygen atoms in total. The summed E-state index contributed by atoms with van der Waals surface area (Å²) in [6.45, 7) is 2.78. The van der Waals surface area contributed by atoms with Gasteiger partial charge in [0.05, 0.1) is 0 Å². The summed E-state index contributed by atoms with van der Waals surface area (Å²) in [5.74, 6) is 0.456. The minimum atomic E-state index is -0.190. The first-order chi connectivity index (χ1) is 14.2. The first-order valence-electron chi connectivity index (χ1n) is 9.98. The molecule has 30 heavy (non-hydrogen) atoms. The number of urea groups is 1. The molecule has 2 aromatic carbocycles. The van der Waals surface area contributed by atoms with Crippen LogP contribution in [0.15, 0.2) is 53.5 Å². The van der Waals surface area contributed by atoms with E-state index in [1.54, 1.807) is 19.2 Å². The van der Waals surface area contributed by atoms with Crippen molar-refractivity contribution in [1.82, 2.24) is 15.5 Å². The lowest BCUT2D eigenvalue weighted by molar-refractivity contribution is 0.222. The van der Waals surface area contributed by atoms with Crippen LogP contribution < -0.4 is 16.0 Å². The van der Waals surface area contributed by atoms with Crippen LogP contribution in [0.3, 0.4) is 0 Å². The summed E-state index contributed by atoms with van der Waals surface area (Å²) in [7, 11) is 1.70. The van der Waals surface area contributed by atoms with Crippen LogP contribution in [-0.2, 0) is 13.0 Å². The smallest absolute Gasteiger partial charge is 0.321 e. The normalized spacial score (nSPS) is 13.5. The lowest BCUT2D eigenvalue weighted by atomic mass is 10.1. The standard InChI is InChI=1S/C22H28FN5O.HI/c1-24-21(25-12-11-18-8-2-3-10-20(18)23)26-16-17-7-6-9-19(15-17)27-22(29)28-13-4-5-14-28;/h2-3,6-10,15H,4-5,11-14,16H2,1H3,(H,27,29)(H2,24,25,26);1H. The van der Waals surface area contributed by atoms with E-state index in [4.69, 9.17) is 0 Å². The van der Waals surface area contributed by atoms with Crippen LogP contribution in [0.5, 0.6) is 0 Å². The van der Waals surface area contributed by atoms with Gasteiger partial charge in [0.1, 0.15) is 5.82 Å². The van der Waals surface area contributed by atoms with Gasteiger partial charge in [-0.05, 0) is 48.6 Å². The van der Waals surface area contributed by atoms with Crippen molar-refractivity contribution in [3.05, 3.63) is 65.5 Å². The van der Waals surface area contributed by atoms with Crippen LogP contribution in [-0.4, -0.2) is 43.6 Å². The molecule has 162 valence electrons. The number of halogens is 2.